The van der Waals surface area contributed by atoms with Crippen LogP contribution in [0.5, 0.6) is 0 Å². The summed E-state index contributed by atoms with van der Waals surface area (Å²) in [5, 5.41) is 38.5. The molecule has 0 amide bonds. The van der Waals surface area contributed by atoms with Crippen molar-refractivity contribution in [2.24, 2.45) is 0 Å². The van der Waals surface area contributed by atoms with E-state index in [2.05, 4.69) is 0 Å². The van der Waals surface area contributed by atoms with Crippen LogP contribution in [-0.2, 0) is 14.3 Å². The Labute approximate surface area is 139 Å². The first kappa shape index (κ1) is 19.8. The number of ether oxygens (including phenoxy) is 1. The van der Waals surface area contributed by atoms with Gasteiger partial charge in [-0.25, -0.2) is 9.59 Å². The zero-order valence-electron chi connectivity index (χ0n) is 12.2. The highest BCUT2D eigenvalue weighted by Gasteiger charge is 2.50. The normalized spacial score (nSPS) is 29.7. The van der Waals surface area contributed by atoms with Crippen LogP contribution in [0.1, 0.15) is 25.8 Å². The van der Waals surface area contributed by atoms with Crippen molar-refractivity contribution in [2.75, 3.05) is 0 Å². The van der Waals surface area contributed by atoms with E-state index in [1.165, 1.54) is 6.08 Å². The van der Waals surface area contributed by atoms with Gasteiger partial charge >= 0.3 is 11.9 Å². The lowest BCUT2D eigenvalue weighted by atomic mass is 9.79. The van der Waals surface area contributed by atoms with Gasteiger partial charge < -0.3 is 25.2 Å². The van der Waals surface area contributed by atoms with Crippen molar-refractivity contribution >= 4 is 18.0 Å². The zero-order valence-corrected chi connectivity index (χ0v) is 12.2. The maximum absolute atomic E-state index is 11.8. The number of carbonyl (C=O) groups is 2. The Balaban J connectivity index is 0.00000288. The van der Waals surface area contributed by atoms with Gasteiger partial charge in [0.05, 0.1) is 6.10 Å². The fourth-order valence-corrected chi connectivity index (χ4v) is 2.45. The van der Waals surface area contributed by atoms with Crippen molar-refractivity contribution in [1.82, 2.24) is 0 Å². The molecule has 0 saturated heterocycles. The van der Waals surface area contributed by atoms with Gasteiger partial charge in [0.25, 0.3) is 0 Å². The van der Waals surface area contributed by atoms with Crippen LogP contribution in [-0.4, -0.2) is 56.3 Å². The molecule has 1 saturated carbocycles. The van der Waals surface area contributed by atoms with Crippen LogP contribution in [0.25, 0.3) is 6.08 Å². The molecule has 0 spiro atoms. The number of aliphatic hydroxyl groups excluding tert-OH is 2. The van der Waals surface area contributed by atoms with E-state index >= 15 is 0 Å². The SMILES string of the molecule is C.O=C(C=Cc1ccccc1)OC1CC(O)(C(=O)O)CC(O)C1O. The molecule has 0 radical (unpaired) electrons. The smallest absolute Gasteiger partial charge is 0.335 e. The number of carboxylic acids is 1. The molecule has 1 aliphatic rings. The second-order valence-corrected chi connectivity index (χ2v) is 5.52. The van der Waals surface area contributed by atoms with Gasteiger partial charge in [0.15, 0.2) is 5.60 Å². The summed E-state index contributed by atoms with van der Waals surface area (Å²) in [7, 11) is 0. The molecule has 0 aromatic heterocycles. The molecule has 24 heavy (non-hydrogen) atoms. The van der Waals surface area contributed by atoms with E-state index < -0.39 is 48.7 Å². The minimum atomic E-state index is -2.24. The van der Waals surface area contributed by atoms with Gasteiger partial charge in [-0.05, 0) is 11.6 Å². The number of hydrogen-bond acceptors (Lipinski definition) is 6. The van der Waals surface area contributed by atoms with Gasteiger partial charge in [0.2, 0.25) is 0 Å². The van der Waals surface area contributed by atoms with Crippen LogP contribution in [0.4, 0.5) is 0 Å². The monoisotopic (exact) mass is 338 g/mol. The Bertz CT molecular complexity index is 598. The Morgan fingerprint density at radius 3 is 2.38 bits per heavy atom. The highest BCUT2D eigenvalue weighted by atomic mass is 16.6. The van der Waals surface area contributed by atoms with E-state index in [1.807, 2.05) is 6.07 Å². The molecule has 4 unspecified atom stereocenters. The van der Waals surface area contributed by atoms with Gasteiger partial charge in [0, 0.05) is 18.9 Å². The summed E-state index contributed by atoms with van der Waals surface area (Å²) >= 11 is 0. The number of esters is 1. The lowest BCUT2D eigenvalue weighted by molar-refractivity contribution is -0.196. The Morgan fingerprint density at radius 1 is 1.17 bits per heavy atom. The minimum absolute atomic E-state index is 0. The largest absolute Gasteiger partial charge is 0.479 e. The Kier molecular flexibility index (Phi) is 6.65. The predicted molar refractivity (Wildman–Crippen MR) is 85.9 cm³/mol. The van der Waals surface area contributed by atoms with E-state index in [4.69, 9.17) is 9.84 Å². The first-order valence-corrected chi connectivity index (χ1v) is 7.07. The molecule has 0 aliphatic heterocycles. The lowest BCUT2D eigenvalue weighted by Crippen LogP contribution is -2.57. The summed E-state index contributed by atoms with van der Waals surface area (Å²) in [6.07, 6.45) is -2.67. The minimum Gasteiger partial charge on any atom is -0.479 e. The Morgan fingerprint density at radius 2 is 1.79 bits per heavy atom. The lowest BCUT2D eigenvalue weighted by Gasteiger charge is -2.39. The summed E-state index contributed by atoms with van der Waals surface area (Å²) in [4.78, 5) is 22.9. The summed E-state index contributed by atoms with van der Waals surface area (Å²) in [6, 6.07) is 8.94. The molecule has 0 heterocycles. The van der Waals surface area contributed by atoms with Crippen molar-refractivity contribution in [3.8, 4) is 0 Å². The van der Waals surface area contributed by atoms with Crippen LogP contribution in [0.15, 0.2) is 36.4 Å². The molecular weight excluding hydrogens is 316 g/mol. The molecule has 1 aliphatic carbocycles. The molecule has 132 valence electrons. The molecule has 1 aromatic rings. The summed E-state index contributed by atoms with van der Waals surface area (Å²) in [5.74, 6) is -2.34. The molecule has 7 heteroatoms. The van der Waals surface area contributed by atoms with Crippen LogP contribution in [0.2, 0.25) is 0 Å². The van der Waals surface area contributed by atoms with Crippen molar-refractivity contribution in [3.63, 3.8) is 0 Å². The highest BCUT2D eigenvalue weighted by molar-refractivity contribution is 5.87. The van der Waals surface area contributed by atoms with Crippen LogP contribution in [0.3, 0.4) is 0 Å². The van der Waals surface area contributed by atoms with Crippen molar-refractivity contribution in [1.29, 1.82) is 0 Å². The summed E-state index contributed by atoms with van der Waals surface area (Å²) in [6.45, 7) is 0. The summed E-state index contributed by atoms with van der Waals surface area (Å²) < 4.78 is 4.98. The van der Waals surface area contributed by atoms with Crippen LogP contribution >= 0.6 is 0 Å². The average Bonchev–Trinajstić information content (AvgIpc) is 2.51. The second-order valence-electron chi connectivity index (χ2n) is 5.52. The number of aliphatic hydroxyl groups is 3. The van der Waals surface area contributed by atoms with E-state index in [1.54, 1.807) is 24.3 Å². The van der Waals surface area contributed by atoms with Gasteiger partial charge in [-0.1, -0.05) is 37.8 Å². The number of carboxylic acid groups (broad SMARTS) is 1. The molecule has 7 nitrogen and oxygen atoms in total. The fourth-order valence-electron chi connectivity index (χ4n) is 2.45. The van der Waals surface area contributed by atoms with Gasteiger partial charge in [0.1, 0.15) is 12.2 Å². The molecule has 4 atom stereocenters. The third-order valence-electron chi connectivity index (χ3n) is 3.74. The molecule has 2 rings (SSSR count). The zero-order chi connectivity index (χ0) is 17.0. The topological polar surface area (TPSA) is 124 Å². The molecule has 0 bridgehead atoms. The maximum Gasteiger partial charge on any atom is 0.335 e. The van der Waals surface area contributed by atoms with Crippen LogP contribution in [0, 0.1) is 0 Å². The number of benzene rings is 1. The maximum atomic E-state index is 11.8. The average molecular weight is 338 g/mol. The highest BCUT2D eigenvalue weighted by Crippen LogP contribution is 2.31. The first-order valence-electron chi connectivity index (χ1n) is 7.07. The quantitative estimate of drug-likeness (QED) is 0.467. The number of rotatable bonds is 4. The predicted octanol–water partition coefficient (Wildman–Crippen LogP) is 0.579. The van der Waals surface area contributed by atoms with Crippen LogP contribution < -0.4 is 0 Å². The molecule has 4 N–H and O–H groups in total. The third kappa shape index (κ3) is 4.64. The van der Waals surface area contributed by atoms with E-state index in [9.17, 15) is 24.9 Å². The van der Waals surface area contributed by atoms with Gasteiger partial charge in [-0.3, -0.25) is 0 Å². The number of hydrogen-bond donors (Lipinski definition) is 4. The van der Waals surface area contributed by atoms with Gasteiger partial charge in [-0.15, -0.1) is 0 Å². The van der Waals surface area contributed by atoms with E-state index in [0.717, 1.165) is 11.6 Å². The molecular formula is C17H22O7. The van der Waals surface area contributed by atoms with Gasteiger partial charge in [-0.2, -0.15) is 0 Å². The fraction of sp³-hybridized carbons (Fsp3) is 0.412. The van der Waals surface area contributed by atoms with Crippen molar-refractivity contribution < 1.29 is 34.8 Å². The Hall–Kier alpha value is -2.22. The summed E-state index contributed by atoms with van der Waals surface area (Å²) in [5.41, 5.74) is -1.48. The second kappa shape index (κ2) is 8.05. The first-order chi connectivity index (χ1) is 10.8. The number of aliphatic carboxylic acids is 1. The number of carbonyl (C=O) groups excluding carboxylic acids is 1. The third-order valence-corrected chi connectivity index (χ3v) is 3.74. The standard InChI is InChI=1S/C16H18O7.CH4/c17-11-8-16(22,15(20)21)9-12(14(11)19)23-13(18)7-6-10-4-2-1-3-5-10;/h1-7,11-12,14,17,19,22H,8-9H2,(H,20,21);1H4. The van der Waals surface area contributed by atoms with Crippen molar-refractivity contribution in [3.05, 3.63) is 42.0 Å². The van der Waals surface area contributed by atoms with E-state index in [-0.39, 0.29) is 7.43 Å². The van der Waals surface area contributed by atoms with Crippen molar-refractivity contribution in [2.45, 2.75) is 44.2 Å². The molecule has 1 aromatic carbocycles. The molecule has 1 fully saturated rings. The van der Waals surface area contributed by atoms with E-state index in [0.29, 0.717) is 0 Å².